The van der Waals surface area contributed by atoms with Crippen LogP contribution in [-0.4, -0.2) is 62.6 Å². The van der Waals surface area contributed by atoms with E-state index in [0.29, 0.717) is 12.3 Å². The van der Waals surface area contributed by atoms with E-state index in [1.54, 1.807) is 7.05 Å². The predicted molar refractivity (Wildman–Crippen MR) is 76.4 cm³/mol. The Bertz CT molecular complexity index is 625. The minimum absolute atomic E-state index is 0.0984. The van der Waals surface area contributed by atoms with Crippen LogP contribution >= 0.6 is 0 Å². The van der Waals surface area contributed by atoms with E-state index in [0.717, 1.165) is 0 Å². The lowest BCUT2D eigenvalue weighted by Crippen LogP contribution is -2.47. The number of hydrogen-bond donors (Lipinski definition) is 2. The molecule has 118 valence electrons. The molecule has 1 atom stereocenters. The summed E-state index contributed by atoms with van der Waals surface area (Å²) in [6.45, 7) is 1.09. The summed E-state index contributed by atoms with van der Waals surface area (Å²) in [6, 6.07) is 1.38. The monoisotopic (exact) mass is 316 g/mol. The van der Waals surface area contributed by atoms with Gasteiger partial charge in [-0.1, -0.05) is 0 Å². The highest BCUT2D eigenvalue weighted by Crippen LogP contribution is 2.20. The molecule has 8 nitrogen and oxygen atoms in total. The second-order valence-corrected chi connectivity index (χ2v) is 6.78. The maximum absolute atomic E-state index is 12.6. The molecule has 0 saturated carbocycles. The van der Waals surface area contributed by atoms with Crippen LogP contribution in [0.25, 0.3) is 0 Å². The fraction of sp³-hybridized carbons (Fsp3) is 0.583. The van der Waals surface area contributed by atoms with Crippen molar-refractivity contribution in [2.75, 3.05) is 33.3 Å². The predicted octanol–water partition coefficient (Wildman–Crippen LogP) is -1.27. The lowest BCUT2D eigenvalue weighted by molar-refractivity contribution is 0.00450. The van der Waals surface area contributed by atoms with Gasteiger partial charge in [-0.3, -0.25) is 4.79 Å². The van der Waals surface area contributed by atoms with Gasteiger partial charge in [0.2, 0.25) is 10.0 Å². The quantitative estimate of drug-likeness (QED) is 0.720. The van der Waals surface area contributed by atoms with Crippen LogP contribution in [0, 0.1) is 0 Å². The summed E-state index contributed by atoms with van der Waals surface area (Å²) in [5, 5.41) is 2.48. The molecule has 3 N–H and O–H groups in total. The first-order valence-corrected chi connectivity index (χ1v) is 8.04. The molecule has 0 radical (unpaired) electrons. The molecule has 1 aromatic heterocycles. The van der Waals surface area contributed by atoms with Crippen molar-refractivity contribution in [2.24, 2.45) is 12.8 Å². The zero-order chi connectivity index (χ0) is 15.6. The highest BCUT2D eigenvalue weighted by atomic mass is 32.2. The standard InChI is InChI=1S/C12H20N4O4S/c1-14-12(17)11-5-10(8-15(11)2)21(18,19)16-3-4-20-9(6-13)7-16/h5,8-9H,3-4,6-7,13H2,1-2H3,(H,14,17). The number of aromatic nitrogens is 1. The van der Waals surface area contributed by atoms with Crippen molar-refractivity contribution < 1.29 is 17.9 Å². The van der Waals surface area contributed by atoms with Crippen LogP contribution in [0.15, 0.2) is 17.2 Å². The number of rotatable bonds is 4. The Morgan fingerprint density at radius 1 is 1.57 bits per heavy atom. The first-order chi connectivity index (χ1) is 9.90. The number of nitrogens with two attached hydrogens (primary N) is 1. The molecule has 0 bridgehead atoms. The van der Waals surface area contributed by atoms with Gasteiger partial charge in [-0.25, -0.2) is 8.42 Å². The van der Waals surface area contributed by atoms with Crippen molar-refractivity contribution in [3.63, 3.8) is 0 Å². The van der Waals surface area contributed by atoms with E-state index in [-0.39, 0.29) is 36.5 Å². The summed E-state index contributed by atoms with van der Waals surface area (Å²) in [5.74, 6) is -0.333. The molecule has 1 aliphatic rings. The highest BCUT2D eigenvalue weighted by molar-refractivity contribution is 7.89. The normalized spacial score (nSPS) is 20.4. The summed E-state index contributed by atoms with van der Waals surface area (Å²) in [7, 11) is -0.524. The zero-order valence-electron chi connectivity index (χ0n) is 12.1. The maximum atomic E-state index is 12.6. The first-order valence-electron chi connectivity index (χ1n) is 6.60. The van der Waals surface area contributed by atoms with Crippen molar-refractivity contribution in [3.05, 3.63) is 18.0 Å². The van der Waals surface area contributed by atoms with Crippen molar-refractivity contribution in [1.82, 2.24) is 14.2 Å². The Labute approximate surface area is 123 Å². The summed E-state index contributed by atoms with van der Waals surface area (Å²) >= 11 is 0. The molecular weight excluding hydrogens is 296 g/mol. The van der Waals surface area contributed by atoms with Crippen molar-refractivity contribution in [1.29, 1.82) is 0 Å². The Balaban J connectivity index is 2.29. The zero-order valence-corrected chi connectivity index (χ0v) is 12.9. The van der Waals surface area contributed by atoms with Gasteiger partial charge in [0, 0.05) is 39.9 Å². The molecule has 0 aliphatic carbocycles. The summed E-state index contributed by atoms with van der Waals surface area (Å²) < 4.78 is 33.4. The third-order valence-corrected chi connectivity index (χ3v) is 5.27. The molecule has 1 aliphatic heterocycles. The molecule has 9 heteroatoms. The maximum Gasteiger partial charge on any atom is 0.267 e. The van der Waals surface area contributed by atoms with Gasteiger partial charge in [-0.15, -0.1) is 0 Å². The van der Waals surface area contributed by atoms with Crippen LogP contribution in [0.5, 0.6) is 0 Å². The van der Waals surface area contributed by atoms with E-state index in [9.17, 15) is 13.2 Å². The van der Waals surface area contributed by atoms with Gasteiger partial charge in [-0.2, -0.15) is 4.31 Å². The average Bonchev–Trinajstić information content (AvgIpc) is 2.89. The largest absolute Gasteiger partial charge is 0.374 e. The second kappa shape index (κ2) is 6.14. The topological polar surface area (TPSA) is 107 Å². The van der Waals surface area contributed by atoms with Crippen molar-refractivity contribution in [2.45, 2.75) is 11.0 Å². The molecule has 2 heterocycles. The van der Waals surface area contributed by atoms with Gasteiger partial charge in [0.05, 0.1) is 12.7 Å². The number of sulfonamides is 1. The lowest BCUT2D eigenvalue weighted by atomic mass is 10.3. The molecule has 1 amide bonds. The average molecular weight is 316 g/mol. The Morgan fingerprint density at radius 3 is 2.90 bits per heavy atom. The molecule has 1 fully saturated rings. The van der Waals surface area contributed by atoms with Crippen LogP contribution < -0.4 is 11.1 Å². The fourth-order valence-corrected chi connectivity index (χ4v) is 3.76. The third kappa shape index (κ3) is 3.10. The van der Waals surface area contributed by atoms with E-state index in [4.69, 9.17) is 10.5 Å². The minimum Gasteiger partial charge on any atom is -0.374 e. The second-order valence-electron chi connectivity index (χ2n) is 4.84. The number of nitrogens with zero attached hydrogens (tertiary/aromatic N) is 2. The number of hydrogen-bond acceptors (Lipinski definition) is 5. The fourth-order valence-electron chi connectivity index (χ4n) is 2.23. The number of aryl methyl sites for hydroxylation is 1. The van der Waals surface area contributed by atoms with Gasteiger partial charge in [0.15, 0.2) is 0 Å². The number of nitrogens with one attached hydrogen (secondary N) is 1. The molecule has 1 saturated heterocycles. The summed E-state index contributed by atoms with van der Waals surface area (Å²) in [6.07, 6.45) is 1.14. The van der Waals surface area contributed by atoms with Gasteiger partial charge in [0.25, 0.3) is 5.91 Å². The SMILES string of the molecule is CNC(=O)c1cc(S(=O)(=O)N2CCOC(CN)C2)cn1C. The third-order valence-electron chi connectivity index (χ3n) is 3.44. The van der Waals surface area contributed by atoms with E-state index in [1.165, 1.54) is 28.2 Å². The van der Waals surface area contributed by atoms with Crippen LogP contribution in [-0.2, 0) is 21.8 Å². The van der Waals surface area contributed by atoms with E-state index < -0.39 is 10.0 Å². The molecule has 0 spiro atoms. The van der Waals surface area contributed by atoms with Gasteiger partial charge in [0.1, 0.15) is 10.6 Å². The van der Waals surface area contributed by atoms with Crippen LogP contribution in [0.4, 0.5) is 0 Å². The number of amides is 1. The molecule has 21 heavy (non-hydrogen) atoms. The van der Waals surface area contributed by atoms with E-state index in [1.807, 2.05) is 0 Å². The van der Waals surface area contributed by atoms with Crippen LogP contribution in [0.3, 0.4) is 0 Å². The number of ether oxygens (including phenoxy) is 1. The molecule has 2 rings (SSSR count). The van der Waals surface area contributed by atoms with Gasteiger partial charge >= 0.3 is 0 Å². The minimum atomic E-state index is -3.65. The molecule has 1 unspecified atom stereocenters. The molecule has 0 aromatic carbocycles. The van der Waals surface area contributed by atoms with Crippen LogP contribution in [0.1, 0.15) is 10.5 Å². The summed E-state index contributed by atoms with van der Waals surface area (Å²) in [5.41, 5.74) is 5.82. The van der Waals surface area contributed by atoms with Gasteiger partial charge in [-0.05, 0) is 6.07 Å². The Morgan fingerprint density at radius 2 is 2.29 bits per heavy atom. The summed E-state index contributed by atoms with van der Waals surface area (Å²) in [4.78, 5) is 11.8. The molecular formula is C12H20N4O4S. The van der Waals surface area contributed by atoms with Crippen LogP contribution in [0.2, 0.25) is 0 Å². The Kier molecular flexibility index (Phi) is 4.67. The number of morpholine rings is 1. The lowest BCUT2D eigenvalue weighted by Gasteiger charge is -2.31. The van der Waals surface area contributed by atoms with Crippen molar-refractivity contribution >= 4 is 15.9 Å². The van der Waals surface area contributed by atoms with Gasteiger partial charge < -0.3 is 20.4 Å². The highest BCUT2D eigenvalue weighted by Gasteiger charge is 2.31. The van der Waals surface area contributed by atoms with E-state index >= 15 is 0 Å². The van der Waals surface area contributed by atoms with E-state index in [2.05, 4.69) is 5.32 Å². The smallest absolute Gasteiger partial charge is 0.267 e. The van der Waals surface area contributed by atoms with Crippen molar-refractivity contribution in [3.8, 4) is 0 Å². The molecule has 1 aromatic rings. The number of carbonyl (C=O) groups excluding carboxylic acids is 1. The first kappa shape index (κ1) is 16.0. The Hall–Kier alpha value is -1.42. The number of carbonyl (C=O) groups is 1.